The second kappa shape index (κ2) is 6.76. The lowest BCUT2D eigenvalue weighted by molar-refractivity contribution is 0.0916. The summed E-state index contributed by atoms with van der Waals surface area (Å²) < 4.78 is 7.14. The van der Waals surface area contributed by atoms with Crippen LogP contribution in [0.2, 0.25) is 0 Å². The smallest absolute Gasteiger partial charge is 0.251 e. The molecule has 124 valence electrons. The Morgan fingerprint density at radius 3 is 2.88 bits per heavy atom. The maximum absolute atomic E-state index is 12.2. The van der Waals surface area contributed by atoms with Crippen LogP contribution in [0.3, 0.4) is 0 Å². The van der Waals surface area contributed by atoms with Crippen molar-refractivity contribution < 1.29 is 14.6 Å². The minimum absolute atomic E-state index is 0.147. The SMILES string of the molecule is COc1cccc(C(=O)NCC(O)c2ccc3c(ccn3C)c2)c1. The summed E-state index contributed by atoms with van der Waals surface area (Å²) >= 11 is 0. The van der Waals surface area contributed by atoms with E-state index in [1.165, 1.54) is 0 Å². The van der Waals surface area contributed by atoms with Gasteiger partial charge in [-0.15, -0.1) is 0 Å². The minimum Gasteiger partial charge on any atom is -0.497 e. The summed E-state index contributed by atoms with van der Waals surface area (Å²) in [6.45, 7) is 0.147. The van der Waals surface area contributed by atoms with Gasteiger partial charge in [0.05, 0.1) is 13.2 Å². The number of fused-ring (bicyclic) bond motifs is 1. The molecule has 2 N–H and O–H groups in total. The van der Waals surface area contributed by atoms with E-state index in [1.807, 2.05) is 42.1 Å². The number of carbonyl (C=O) groups is 1. The Balaban J connectivity index is 1.67. The van der Waals surface area contributed by atoms with Crippen molar-refractivity contribution in [1.82, 2.24) is 9.88 Å². The van der Waals surface area contributed by atoms with Gasteiger partial charge in [0.25, 0.3) is 5.91 Å². The number of aromatic nitrogens is 1. The van der Waals surface area contributed by atoms with Crippen LogP contribution in [-0.4, -0.2) is 29.2 Å². The number of methoxy groups -OCH3 is 1. The van der Waals surface area contributed by atoms with Crippen molar-refractivity contribution in [3.05, 3.63) is 65.9 Å². The normalized spacial score (nSPS) is 12.1. The monoisotopic (exact) mass is 324 g/mol. The second-order valence-electron chi connectivity index (χ2n) is 5.70. The molecular formula is C19H20N2O3. The second-order valence-corrected chi connectivity index (χ2v) is 5.70. The van der Waals surface area contributed by atoms with E-state index in [4.69, 9.17) is 4.74 Å². The highest BCUT2D eigenvalue weighted by atomic mass is 16.5. The molecule has 0 spiro atoms. The van der Waals surface area contributed by atoms with Gasteiger partial charge in [-0.05, 0) is 47.3 Å². The number of hydrogen-bond donors (Lipinski definition) is 2. The fourth-order valence-electron chi connectivity index (χ4n) is 2.68. The first kappa shape index (κ1) is 16.1. The van der Waals surface area contributed by atoms with Gasteiger partial charge >= 0.3 is 0 Å². The van der Waals surface area contributed by atoms with Gasteiger partial charge in [-0.1, -0.05) is 12.1 Å². The fraction of sp³-hybridized carbons (Fsp3) is 0.211. The standard InChI is InChI=1S/C19H20N2O3/c1-21-9-8-13-10-14(6-7-17(13)21)18(22)12-20-19(23)15-4-3-5-16(11-15)24-2/h3-11,18,22H,12H2,1-2H3,(H,20,23). The molecule has 0 radical (unpaired) electrons. The predicted octanol–water partition coefficient (Wildman–Crippen LogP) is 2.65. The zero-order valence-electron chi connectivity index (χ0n) is 13.7. The van der Waals surface area contributed by atoms with Crippen LogP contribution in [0.25, 0.3) is 10.9 Å². The molecule has 0 aliphatic heterocycles. The topological polar surface area (TPSA) is 63.5 Å². The molecule has 1 aromatic heterocycles. The number of nitrogens with zero attached hydrogens (tertiary/aromatic N) is 1. The average Bonchev–Trinajstić information content (AvgIpc) is 2.99. The molecule has 0 aliphatic rings. The number of ether oxygens (including phenoxy) is 1. The molecule has 0 bridgehead atoms. The van der Waals surface area contributed by atoms with Crippen LogP contribution in [0, 0.1) is 0 Å². The molecule has 1 atom stereocenters. The third-order valence-corrected chi connectivity index (χ3v) is 4.08. The molecule has 0 aliphatic carbocycles. The molecule has 2 aromatic carbocycles. The van der Waals surface area contributed by atoms with E-state index < -0.39 is 6.10 Å². The van der Waals surface area contributed by atoms with Crippen molar-refractivity contribution in [2.24, 2.45) is 7.05 Å². The average molecular weight is 324 g/mol. The summed E-state index contributed by atoms with van der Waals surface area (Å²) in [7, 11) is 3.54. The zero-order chi connectivity index (χ0) is 17.1. The highest BCUT2D eigenvalue weighted by Crippen LogP contribution is 2.21. The molecule has 1 heterocycles. The first-order valence-corrected chi connectivity index (χ1v) is 7.74. The molecule has 3 rings (SSSR count). The molecule has 1 amide bonds. The van der Waals surface area contributed by atoms with Gasteiger partial charge in [0.1, 0.15) is 5.75 Å². The number of rotatable bonds is 5. The maximum atomic E-state index is 12.2. The van der Waals surface area contributed by atoms with E-state index in [0.717, 1.165) is 16.5 Å². The maximum Gasteiger partial charge on any atom is 0.251 e. The summed E-state index contributed by atoms with van der Waals surface area (Å²) in [6.07, 6.45) is 1.22. The third kappa shape index (κ3) is 3.26. The quantitative estimate of drug-likeness (QED) is 0.758. The van der Waals surface area contributed by atoms with Crippen LogP contribution >= 0.6 is 0 Å². The van der Waals surface area contributed by atoms with Crippen molar-refractivity contribution >= 4 is 16.8 Å². The first-order valence-electron chi connectivity index (χ1n) is 7.74. The summed E-state index contributed by atoms with van der Waals surface area (Å²) in [4.78, 5) is 12.2. The number of aryl methyl sites for hydroxylation is 1. The number of hydrogen-bond acceptors (Lipinski definition) is 3. The van der Waals surface area contributed by atoms with E-state index >= 15 is 0 Å². The van der Waals surface area contributed by atoms with Crippen LogP contribution in [0.15, 0.2) is 54.7 Å². The highest BCUT2D eigenvalue weighted by Gasteiger charge is 2.12. The molecule has 1 unspecified atom stereocenters. The van der Waals surface area contributed by atoms with E-state index in [0.29, 0.717) is 11.3 Å². The van der Waals surface area contributed by atoms with Gasteiger partial charge < -0.3 is 19.7 Å². The van der Waals surface area contributed by atoms with Crippen molar-refractivity contribution in [2.75, 3.05) is 13.7 Å². The minimum atomic E-state index is -0.760. The van der Waals surface area contributed by atoms with E-state index in [2.05, 4.69) is 5.32 Å². The van der Waals surface area contributed by atoms with Gasteiger partial charge in [0.2, 0.25) is 0 Å². The van der Waals surface area contributed by atoms with E-state index in [9.17, 15) is 9.90 Å². The first-order chi connectivity index (χ1) is 11.6. The van der Waals surface area contributed by atoms with Crippen molar-refractivity contribution in [3.63, 3.8) is 0 Å². The summed E-state index contributed by atoms with van der Waals surface area (Å²) in [5.41, 5.74) is 2.38. The van der Waals surface area contributed by atoms with Gasteiger partial charge in [0, 0.05) is 30.9 Å². The van der Waals surface area contributed by atoms with Crippen LogP contribution in [0.5, 0.6) is 5.75 Å². The number of aliphatic hydroxyl groups excluding tert-OH is 1. The molecule has 5 heteroatoms. The van der Waals surface area contributed by atoms with Gasteiger partial charge in [-0.2, -0.15) is 0 Å². The number of aliphatic hydroxyl groups is 1. The molecule has 0 saturated heterocycles. The Bertz CT molecular complexity index is 870. The van der Waals surface area contributed by atoms with E-state index in [1.54, 1.807) is 31.4 Å². The van der Waals surface area contributed by atoms with Crippen molar-refractivity contribution in [1.29, 1.82) is 0 Å². The van der Waals surface area contributed by atoms with Crippen LogP contribution in [0.4, 0.5) is 0 Å². The number of nitrogens with one attached hydrogen (secondary N) is 1. The summed E-state index contributed by atoms with van der Waals surface area (Å²) in [5.74, 6) is 0.381. The Hall–Kier alpha value is -2.79. The Kier molecular flexibility index (Phi) is 4.53. The summed E-state index contributed by atoms with van der Waals surface area (Å²) in [5, 5.41) is 14.2. The molecule has 0 saturated carbocycles. The Morgan fingerprint density at radius 2 is 2.08 bits per heavy atom. The molecule has 24 heavy (non-hydrogen) atoms. The van der Waals surface area contributed by atoms with Gasteiger partial charge in [-0.3, -0.25) is 4.79 Å². The molecule has 3 aromatic rings. The van der Waals surface area contributed by atoms with Gasteiger partial charge in [0.15, 0.2) is 0 Å². The van der Waals surface area contributed by atoms with Gasteiger partial charge in [-0.25, -0.2) is 0 Å². The lowest BCUT2D eigenvalue weighted by atomic mass is 10.1. The lowest BCUT2D eigenvalue weighted by Gasteiger charge is -2.13. The number of carbonyl (C=O) groups excluding carboxylic acids is 1. The molecule has 0 fully saturated rings. The molecular weight excluding hydrogens is 304 g/mol. The van der Waals surface area contributed by atoms with Crippen molar-refractivity contribution in [3.8, 4) is 5.75 Å². The van der Waals surface area contributed by atoms with E-state index in [-0.39, 0.29) is 12.5 Å². The van der Waals surface area contributed by atoms with Crippen LogP contribution < -0.4 is 10.1 Å². The Labute approximate surface area is 140 Å². The highest BCUT2D eigenvalue weighted by molar-refractivity contribution is 5.94. The summed E-state index contributed by atoms with van der Waals surface area (Å²) in [6, 6.07) is 14.7. The van der Waals surface area contributed by atoms with Crippen LogP contribution in [0.1, 0.15) is 22.0 Å². The lowest BCUT2D eigenvalue weighted by Crippen LogP contribution is -2.28. The number of amides is 1. The van der Waals surface area contributed by atoms with Crippen molar-refractivity contribution in [2.45, 2.75) is 6.10 Å². The van der Waals surface area contributed by atoms with Crippen LogP contribution in [-0.2, 0) is 7.05 Å². The fourth-order valence-corrected chi connectivity index (χ4v) is 2.68. The predicted molar refractivity (Wildman–Crippen MR) is 93.2 cm³/mol. The third-order valence-electron chi connectivity index (χ3n) is 4.08. The molecule has 5 nitrogen and oxygen atoms in total. The number of benzene rings is 2. The Morgan fingerprint density at radius 1 is 1.25 bits per heavy atom. The zero-order valence-corrected chi connectivity index (χ0v) is 13.7. The largest absolute Gasteiger partial charge is 0.497 e.